The molecule has 2 nitrogen and oxygen atoms in total. The van der Waals surface area contributed by atoms with Gasteiger partial charge in [-0.25, -0.2) is 0 Å². The molecule has 1 aliphatic rings. The zero-order chi connectivity index (χ0) is 14.1. The van der Waals surface area contributed by atoms with Gasteiger partial charge in [-0.1, -0.05) is 53.6 Å². The van der Waals surface area contributed by atoms with Crippen LogP contribution in [0.3, 0.4) is 0 Å². The van der Waals surface area contributed by atoms with Crippen LogP contribution < -0.4 is 5.73 Å². The summed E-state index contributed by atoms with van der Waals surface area (Å²) in [5.41, 5.74) is 11.2. The normalized spacial score (nSPS) is 18.2. The van der Waals surface area contributed by atoms with Crippen molar-refractivity contribution in [3.8, 4) is 0 Å². The van der Waals surface area contributed by atoms with Crippen molar-refractivity contribution in [3.05, 3.63) is 69.7 Å². The van der Waals surface area contributed by atoms with Crippen LogP contribution in [0.15, 0.2) is 42.5 Å². The maximum absolute atomic E-state index is 6.27. The largest absolute Gasteiger partial charge is 0.329 e. The average Bonchev–Trinajstić information content (AvgIpc) is 2.78. The van der Waals surface area contributed by atoms with Crippen molar-refractivity contribution in [2.75, 3.05) is 6.54 Å². The second kappa shape index (κ2) is 5.57. The Balaban J connectivity index is 1.88. The van der Waals surface area contributed by atoms with Gasteiger partial charge in [0.25, 0.3) is 0 Å². The molecular formula is C17H19ClN2. The average molecular weight is 287 g/mol. The number of hydrogen-bond donors (Lipinski definition) is 1. The highest BCUT2D eigenvalue weighted by Gasteiger charge is 2.29. The van der Waals surface area contributed by atoms with Crippen LogP contribution in [0.2, 0.25) is 5.02 Å². The maximum Gasteiger partial charge on any atom is 0.0480 e. The van der Waals surface area contributed by atoms with Crippen LogP contribution in [0.4, 0.5) is 0 Å². The van der Waals surface area contributed by atoms with Gasteiger partial charge in [0.2, 0.25) is 0 Å². The second-order valence-electron chi connectivity index (χ2n) is 5.45. The minimum Gasteiger partial charge on any atom is -0.329 e. The summed E-state index contributed by atoms with van der Waals surface area (Å²) in [5, 5.41) is 0.829. The van der Waals surface area contributed by atoms with E-state index < -0.39 is 0 Å². The molecule has 3 rings (SSSR count). The lowest BCUT2D eigenvalue weighted by atomic mass is 10.0. The standard InChI is InChI=1S/C17H19ClN2/c1-12-6-7-13-10-20(17(9-19)15(13)8-12)11-14-4-2-3-5-16(14)18/h2-8,17H,9-11,19H2,1H3. The number of halogens is 1. The van der Waals surface area contributed by atoms with Crippen molar-refractivity contribution in [3.63, 3.8) is 0 Å². The molecule has 2 aromatic carbocycles. The quantitative estimate of drug-likeness (QED) is 0.933. The van der Waals surface area contributed by atoms with Crippen LogP contribution in [0.5, 0.6) is 0 Å². The van der Waals surface area contributed by atoms with Crippen LogP contribution in [-0.4, -0.2) is 11.4 Å². The molecule has 1 aliphatic heterocycles. The molecule has 20 heavy (non-hydrogen) atoms. The summed E-state index contributed by atoms with van der Waals surface area (Å²) in [7, 11) is 0. The minimum atomic E-state index is 0.293. The van der Waals surface area contributed by atoms with E-state index in [1.165, 1.54) is 16.7 Å². The van der Waals surface area contributed by atoms with Gasteiger partial charge in [0.15, 0.2) is 0 Å². The van der Waals surface area contributed by atoms with Crippen molar-refractivity contribution in [2.45, 2.75) is 26.1 Å². The van der Waals surface area contributed by atoms with Crippen molar-refractivity contribution in [1.29, 1.82) is 0 Å². The van der Waals surface area contributed by atoms with Gasteiger partial charge >= 0.3 is 0 Å². The zero-order valence-corrected chi connectivity index (χ0v) is 12.4. The molecule has 0 bridgehead atoms. The van der Waals surface area contributed by atoms with Crippen LogP contribution in [0.25, 0.3) is 0 Å². The van der Waals surface area contributed by atoms with E-state index in [0.717, 1.165) is 23.7 Å². The Bertz CT molecular complexity index is 624. The van der Waals surface area contributed by atoms with Gasteiger partial charge in [0, 0.05) is 30.7 Å². The summed E-state index contributed by atoms with van der Waals surface area (Å²) in [6.45, 7) is 4.56. The number of nitrogens with two attached hydrogens (primary N) is 1. The Morgan fingerprint density at radius 2 is 2.05 bits per heavy atom. The lowest BCUT2D eigenvalue weighted by Gasteiger charge is -2.24. The van der Waals surface area contributed by atoms with Gasteiger partial charge in [-0.15, -0.1) is 0 Å². The first-order valence-electron chi connectivity index (χ1n) is 6.96. The van der Waals surface area contributed by atoms with Gasteiger partial charge in [-0.3, -0.25) is 4.90 Å². The molecule has 1 unspecified atom stereocenters. The van der Waals surface area contributed by atoms with Gasteiger partial charge in [0.1, 0.15) is 0 Å². The van der Waals surface area contributed by atoms with Crippen molar-refractivity contribution >= 4 is 11.6 Å². The third kappa shape index (κ3) is 2.47. The Kier molecular flexibility index (Phi) is 3.79. The first-order chi connectivity index (χ1) is 9.69. The zero-order valence-electron chi connectivity index (χ0n) is 11.6. The van der Waals surface area contributed by atoms with Gasteiger partial charge in [-0.05, 0) is 29.7 Å². The first kappa shape index (κ1) is 13.6. The number of rotatable bonds is 3. The SMILES string of the molecule is Cc1ccc2c(c1)C(CN)N(Cc1ccccc1Cl)C2. The predicted molar refractivity (Wildman–Crippen MR) is 83.7 cm³/mol. The van der Waals surface area contributed by atoms with Gasteiger partial charge in [0.05, 0.1) is 0 Å². The molecule has 0 amide bonds. The lowest BCUT2D eigenvalue weighted by Crippen LogP contribution is -2.27. The molecule has 104 valence electrons. The van der Waals surface area contributed by atoms with Crippen molar-refractivity contribution in [2.24, 2.45) is 5.73 Å². The molecule has 0 saturated heterocycles. The highest BCUT2D eigenvalue weighted by molar-refractivity contribution is 6.31. The van der Waals surface area contributed by atoms with E-state index in [9.17, 15) is 0 Å². The fourth-order valence-corrected chi connectivity index (χ4v) is 3.18. The lowest BCUT2D eigenvalue weighted by molar-refractivity contribution is 0.211. The van der Waals surface area contributed by atoms with E-state index in [4.69, 9.17) is 17.3 Å². The second-order valence-corrected chi connectivity index (χ2v) is 5.86. The van der Waals surface area contributed by atoms with E-state index in [-0.39, 0.29) is 0 Å². The molecule has 0 aliphatic carbocycles. The molecule has 0 aromatic heterocycles. The minimum absolute atomic E-state index is 0.293. The Morgan fingerprint density at radius 3 is 2.80 bits per heavy atom. The smallest absolute Gasteiger partial charge is 0.0480 e. The van der Waals surface area contributed by atoms with Crippen LogP contribution in [0.1, 0.15) is 28.3 Å². The van der Waals surface area contributed by atoms with Crippen LogP contribution >= 0.6 is 11.6 Å². The van der Waals surface area contributed by atoms with Crippen LogP contribution in [0, 0.1) is 6.92 Å². The van der Waals surface area contributed by atoms with E-state index in [2.05, 4.69) is 36.1 Å². The summed E-state index contributed by atoms with van der Waals surface area (Å²) < 4.78 is 0. The van der Waals surface area contributed by atoms with E-state index in [1.807, 2.05) is 18.2 Å². The molecular weight excluding hydrogens is 268 g/mol. The molecule has 2 N–H and O–H groups in total. The predicted octanol–water partition coefficient (Wildman–Crippen LogP) is 3.66. The molecule has 0 fully saturated rings. The Morgan fingerprint density at radius 1 is 1.25 bits per heavy atom. The molecule has 3 heteroatoms. The number of fused-ring (bicyclic) bond motifs is 1. The monoisotopic (exact) mass is 286 g/mol. The summed E-state index contributed by atoms with van der Waals surface area (Å²) in [6, 6.07) is 15.0. The number of nitrogens with zero attached hydrogens (tertiary/aromatic N) is 1. The Hall–Kier alpha value is -1.35. The molecule has 1 atom stereocenters. The molecule has 1 heterocycles. The van der Waals surface area contributed by atoms with Crippen molar-refractivity contribution in [1.82, 2.24) is 4.90 Å². The first-order valence-corrected chi connectivity index (χ1v) is 7.34. The number of hydrogen-bond acceptors (Lipinski definition) is 2. The summed E-state index contributed by atoms with van der Waals surface area (Å²) in [6.07, 6.45) is 0. The molecule has 0 saturated carbocycles. The topological polar surface area (TPSA) is 29.3 Å². The number of aryl methyl sites for hydroxylation is 1. The molecule has 2 aromatic rings. The van der Waals surface area contributed by atoms with E-state index in [1.54, 1.807) is 0 Å². The van der Waals surface area contributed by atoms with Crippen LogP contribution in [-0.2, 0) is 13.1 Å². The summed E-state index contributed by atoms with van der Waals surface area (Å²) >= 11 is 6.27. The Labute approximate surface area is 125 Å². The molecule has 0 radical (unpaired) electrons. The van der Waals surface area contributed by atoms with E-state index in [0.29, 0.717) is 12.6 Å². The summed E-state index contributed by atoms with van der Waals surface area (Å²) in [4.78, 5) is 2.41. The fourth-order valence-electron chi connectivity index (χ4n) is 2.98. The molecule has 0 spiro atoms. The number of benzene rings is 2. The highest BCUT2D eigenvalue weighted by atomic mass is 35.5. The van der Waals surface area contributed by atoms with Gasteiger partial charge < -0.3 is 5.73 Å². The third-order valence-corrected chi connectivity index (χ3v) is 4.40. The van der Waals surface area contributed by atoms with Crippen molar-refractivity contribution < 1.29 is 0 Å². The maximum atomic E-state index is 6.27. The fraction of sp³-hybridized carbons (Fsp3) is 0.294. The van der Waals surface area contributed by atoms with E-state index >= 15 is 0 Å². The third-order valence-electron chi connectivity index (χ3n) is 4.03. The summed E-state index contributed by atoms with van der Waals surface area (Å²) in [5.74, 6) is 0. The highest BCUT2D eigenvalue weighted by Crippen LogP contribution is 2.35. The van der Waals surface area contributed by atoms with Gasteiger partial charge in [-0.2, -0.15) is 0 Å².